The lowest BCUT2D eigenvalue weighted by molar-refractivity contribution is -0.154. The maximum Gasteiger partial charge on any atom is 0.407 e. The molecule has 0 saturated carbocycles. The first-order valence-corrected chi connectivity index (χ1v) is 6.72. The van der Waals surface area contributed by atoms with Crippen LogP contribution in [0, 0.1) is 0 Å². The summed E-state index contributed by atoms with van der Waals surface area (Å²) in [5, 5.41) is 12.1. The average molecular weight is 272 g/mol. The van der Waals surface area contributed by atoms with E-state index in [0.717, 1.165) is 12.8 Å². The van der Waals surface area contributed by atoms with Crippen molar-refractivity contribution in [2.45, 2.75) is 51.7 Å². The second kappa shape index (κ2) is 6.75. The number of amides is 1. The first-order chi connectivity index (χ1) is 8.79. The molecule has 0 aromatic carbocycles. The predicted octanol–water partition coefficient (Wildman–Crippen LogP) is 1.45. The fourth-order valence-electron chi connectivity index (χ4n) is 2.15. The minimum absolute atomic E-state index is 0.0242. The maximum absolute atomic E-state index is 11.5. The molecule has 2 N–H and O–H groups in total. The molecular formula is C13H24N2O4. The number of ether oxygens (including phenoxy) is 1. The first kappa shape index (κ1) is 15.8. The zero-order chi connectivity index (χ0) is 14.5. The molecule has 0 bridgehead atoms. The second-order valence-corrected chi connectivity index (χ2v) is 5.81. The summed E-state index contributed by atoms with van der Waals surface area (Å²) in [6, 6.07) is 0.0242. The molecule has 1 aliphatic heterocycles. The van der Waals surface area contributed by atoms with Crippen LogP contribution in [0.1, 0.15) is 40.0 Å². The number of hydrogen-bond acceptors (Lipinski definition) is 4. The summed E-state index contributed by atoms with van der Waals surface area (Å²) in [5.41, 5.74) is -0.456. The Kier molecular flexibility index (Phi) is 5.60. The van der Waals surface area contributed by atoms with Crippen molar-refractivity contribution in [1.29, 1.82) is 0 Å². The van der Waals surface area contributed by atoms with Gasteiger partial charge in [0.05, 0.1) is 6.42 Å². The van der Waals surface area contributed by atoms with Gasteiger partial charge >= 0.3 is 12.1 Å². The first-order valence-electron chi connectivity index (χ1n) is 6.72. The number of carboxylic acid groups (broad SMARTS) is 1. The molecule has 1 amide bonds. The molecule has 6 nitrogen and oxygen atoms in total. The summed E-state index contributed by atoms with van der Waals surface area (Å²) in [4.78, 5) is 23.9. The Morgan fingerprint density at radius 2 is 2.11 bits per heavy atom. The smallest absolute Gasteiger partial charge is 0.407 e. The van der Waals surface area contributed by atoms with E-state index in [-0.39, 0.29) is 12.0 Å². The molecule has 1 saturated heterocycles. The third-order valence-corrected chi connectivity index (χ3v) is 2.93. The van der Waals surface area contributed by atoms with Crippen molar-refractivity contribution in [3.8, 4) is 0 Å². The van der Waals surface area contributed by atoms with Crippen molar-refractivity contribution in [3.63, 3.8) is 0 Å². The largest absolute Gasteiger partial charge is 0.465 e. The number of esters is 1. The van der Waals surface area contributed by atoms with Crippen LogP contribution in [-0.4, -0.2) is 53.3 Å². The highest BCUT2D eigenvalue weighted by Gasteiger charge is 2.27. The standard InChI is InChI=1S/C13H24N2O4/c1-13(2,3)19-11(16)6-7-14-9-10-5-4-8-15(10)12(17)18/h10,14H,4-9H2,1-3H3,(H,17,18)/t10-/m0/s1. The Bertz CT molecular complexity index is 325. The number of nitrogens with zero attached hydrogens (tertiary/aromatic N) is 1. The van der Waals surface area contributed by atoms with Gasteiger partial charge in [0.2, 0.25) is 0 Å². The van der Waals surface area contributed by atoms with Gasteiger partial charge in [0.15, 0.2) is 0 Å². The molecule has 0 radical (unpaired) electrons. The third kappa shape index (κ3) is 5.92. The lowest BCUT2D eigenvalue weighted by Gasteiger charge is -2.22. The van der Waals surface area contributed by atoms with Crippen LogP contribution >= 0.6 is 0 Å². The van der Waals surface area contributed by atoms with E-state index < -0.39 is 11.7 Å². The van der Waals surface area contributed by atoms with Crippen LogP contribution in [0.15, 0.2) is 0 Å². The van der Waals surface area contributed by atoms with Crippen LogP contribution in [0.5, 0.6) is 0 Å². The molecule has 19 heavy (non-hydrogen) atoms. The van der Waals surface area contributed by atoms with Gasteiger partial charge in [-0.1, -0.05) is 0 Å². The number of likely N-dealkylation sites (tertiary alicyclic amines) is 1. The SMILES string of the molecule is CC(C)(C)OC(=O)CCNC[C@@H]1CCCN1C(=O)O. The van der Waals surface area contributed by atoms with Crippen LogP contribution < -0.4 is 5.32 Å². The minimum Gasteiger partial charge on any atom is -0.465 e. The summed E-state index contributed by atoms with van der Waals surface area (Å²) in [6.45, 7) is 7.21. The normalized spacial score (nSPS) is 19.5. The van der Waals surface area contributed by atoms with Gasteiger partial charge in [-0.15, -0.1) is 0 Å². The van der Waals surface area contributed by atoms with E-state index in [2.05, 4.69) is 5.32 Å². The Morgan fingerprint density at radius 1 is 1.42 bits per heavy atom. The second-order valence-electron chi connectivity index (χ2n) is 5.81. The van der Waals surface area contributed by atoms with Gasteiger partial charge in [-0.3, -0.25) is 4.79 Å². The van der Waals surface area contributed by atoms with E-state index in [9.17, 15) is 9.59 Å². The summed E-state index contributed by atoms with van der Waals surface area (Å²) < 4.78 is 5.19. The molecule has 1 fully saturated rings. The summed E-state index contributed by atoms with van der Waals surface area (Å²) in [6.07, 6.45) is 1.23. The summed E-state index contributed by atoms with van der Waals surface area (Å²) in [5.74, 6) is -0.235. The van der Waals surface area contributed by atoms with Crippen LogP contribution in [0.4, 0.5) is 4.79 Å². The van der Waals surface area contributed by atoms with E-state index in [1.165, 1.54) is 4.90 Å². The molecule has 0 aromatic heterocycles. The molecule has 6 heteroatoms. The molecule has 1 rings (SSSR count). The van der Waals surface area contributed by atoms with Crippen molar-refractivity contribution >= 4 is 12.1 Å². The van der Waals surface area contributed by atoms with Crippen molar-refractivity contribution in [1.82, 2.24) is 10.2 Å². The van der Waals surface area contributed by atoms with Crippen molar-refractivity contribution < 1.29 is 19.4 Å². The summed E-state index contributed by atoms with van der Waals surface area (Å²) >= 11 is 0. The molecule has 0 spiro atoms. The highest BCUT2D eigenvalue weighted by atomic mass is 16.6. The van der Waals surface area contributed by atoms with Gasteiger partial charge in [0, 0.05) is 25.7 Å². The van der Waals surface area contributed by atoms with Crippen molar-refractivity contribution in [2.75, 3.05) is 19.6 Å². The quantitative estimate of drug-likeness (QED) is 0.585. The maximum atomic E-state index is 11.5. The van der Waals surface area contributed by atoms with E-state index in [1.54, 1.807) is 0 Å². The fourth-order valence-corrected chi connectivity index (χ4v) is 2.15. The van der Waals surface area contributed by atoms with Crippen molar-refractivity contribution in [3.05, 3.63) is 0 Å². The monoisotopic (exact) mass is 272 g/mol. The molecule has 0 aromatic rings. The van der Waals surface area contributed by atoms with Gasteiger partial charge in [-0.2, -0.15) is 0 Å². The number of rotatable bonds is 5. The van der Waals surface area contributed by atoms with Crippen LogP contribution in [-0.2, 0) is 9.53 Å². The van der Waals surface area contributed by atoms with E-state index >= 15 is 0 Å². The van der Waals surface area contributed by atoms with Gasteiger partial charge < -0.3 is 20.1 Å². The zero-order valence-corrected chi connectivity index (χ0v) is 11.9. The third-order valence-electron chi connectivity index (χ3n) is 2.93. The molecular weight excluding hydrogens is 248 g/mol. The van der Waals surface area contributed by atoms with E-state index in [0.29, 0.717) is 26.1 Å². The topological polar surface area (TPSA) is 78.9 Å². The molecule has 110 valence electrons. The molecule has 0 aliphatic carbocycles. The van der Waals surface area contributed by atoms with Gasteiger partial charge in [-0.25, -0.2) is 4.79 Å². The Morgan fingerprint density at radius 3 is 2.68 bits per heavy atom. The van der Waals surface area contributed by atoms with Gasteiger partial charge in [-0.05, 0) is 33.6 Å². The van der Waals surface area contributed by atoms with Gasteiger partial charge in [0.25, 0.3) is 0 Å². The van der Waals surface area contributed by atoms with E-state index in [1.807, 2.05) is 20.8 Å². The number of carbonyl (C=O) groups is 2. The number of hydrogen-bond donors (Lipinski definition) is 2. The predicted molar refractivity (Wildman–Crippen MR) is 71.1 cm³/mol. The Labute approximate surface area is 114 Å². The number of nitrogens with one attached hydrogen (secondary N) is 1. The van der Waals surface area contributed by atoms with Crippen molar-refractivity contribution in [2.24, 2.45) is 0 Å². The Hall–Kier alpha value is -1.30. The Balaban J connectivity index is 2.17. The van der Waals surface area contributed by atoms with Gasteiger partial charge in [0.1, 0.15) is 5.60 Å². The molecule has 0 unspecified atom stereocenters. The average Bonchev–Trinajstić information content (AvgIpc) is 2.70. The zero-order valence-electron chi connectivity index (χ0n) is 11.9. The molecule has 1 heterocycles. The lowest BCUT2D eigenvalue weighted by atomic mass is 10.2. The minimum atomic E-state index is -0.864. The van der Waals surface area contributed by atoms with Crippen LogP contribution in [0.2, 0.25) is 0 Å². The molecule has 1 atom stereocenters. The fraction of sp³-hybridized carbons (Fsp3) is 0.846. The highest BCUT2D eigenvalue weighted by Crippen LogP contribution is 2.16. The number of carbonyl (C=O) groups excluding carboxylic acids is 1. The molecule has 1 aliphatic rings. The van der Waals surface area contributed by atoms with E-state index in [4.69, 9.17) is 9.84 Å². The summed E-state index contributed by atoms with van der Waals surface area (Å²) in [7, 11) is 0. The highest BCUT2D eigenvalue weighted by molar-refractivity contribution is 5.70. The van der Waals surface area contributed by atoms with Crippen LogP contribution in [0.25, 0.3) is 0 Å². The lowest BCUT2D eigenvalue weighted by Crippen LogP contribution is -2.41. The van der Waals surface area contributed by atoms with Crippen LogP contribution in [0.3, 0.4) is 0 Å².